The van der Waals surface area contributed by atoms with Gasteiger partial charge >= 0.3 is 0 Å². The smallest absolute Gasteiger partial charge is 0.253 e. The van der Waals surface area contributed by atoms with E-state index in [0.29, 0.717) is 5.56 Å². The van der Waals surface area contributed by atoms with E-state index in [9.17, 15) is 4.79 Å². The Kier molecular flexibility index (Phi) is 2.84. The number of halogens is 1. The predicted molar refractivity (Wildman–Crippen MR) is 68.5 cm³/mol. The standard InChI is InChI=1S/C13H12ClNO/c1-15(2)12-8-7-11(13(14)16)9-5-3-4-6-10(9)12/h3-8H,1-2H3. The van der Waals surface area contributed by atoms with Crippen LogP contribution in [-0.2, 0) is 0 Å². The van der Waals surface area contributed by atoms with Crippen molar-refractivity contribution in [2.45, 2.75) is 0 Å². The van der Waals surface area contributed by atoms with Gasteiger partial charge in [-0.2, -0.15) is 0 Å². The molecule has 0 saturated carbocycles. The van der Waals surface area contributed by atoms with Crippen molar-refractivity contribution in [2.75, 3.05) is 19.0 Å². The molecule has 0 atom stereocenters. The highest BCUT2D eigenvalue weighted by atomic mass is 35.5. The van der Waals surface area contributed by atoms with Crippen molar-refractivity contribution in [3.8, 4) is 0 Å². The predicted octanol–water partition coefficient (Wildman–Crippen LogP) is 3.28. The zero-order valence-electron chi connectivity index (χ0n) is 9.20. The van der Waals surface area contributed by atoms with Gasteiger partial charge < -0.3 is 4.90 Å². The number of benzene rings is 2. The van der Waals surface area contributed by atoms with Crippen molar-refractivity contribution in [3.63, 3.8) is 0 Å². The maximum Gasteiger partial charge on any atom is 0.253 e. The van der Waals surface area contributed by atoms with Gasteiger partial charge in [0.05, 0.1) is 0 Å². The fraction of sp³-hybridized carbons (Fsp3) is 0.154. The summed E-state index contributed by atoms with van der Waals surface area (Å²) in [5.74, 6) is 0. The highest BCUT2D eigenvalue weighted by Gasteiger charge is 2.10. The Morgan fingerprint density at radius 2 is 1.69 bits per heavy atom. The first-order valence-electron chi connectivity index (χ1n) is 5.00. The monoisotopic (exact) mass is 233 g/mol. The van der Waals surface area contributed by atoms with E-state index in [1.165, 1.54) is 0 Å². The number of fused-ring (bicyclic) bond motifs is 1. The van der Waals surface area contributed by atoms with Crippen molar-refractivity contribution in [1.29, 1.82) is 0 Å². The van der Waals surface area contributed by atoms with E-state index in [-0.39, 0.29) is 0 Å². The summed E-state index contributed by atoms with van der Waals surface area (Å²) in [4.78, 5) is 13.3. The minimum absolute atomic E-state index is 0.415. The molecule has 2 aromatic rings. The molecule has 0 heterocycles. The number of carbonyl (C=O) groups excluding carboxylic acids is 1. The lowest BCUT2D eigenvalue weighted by Crippen LogP contribution is -2.09. The van der Waals surface area contributed by atoms with E-state index in [2.05, 4.69) is 0 Å². The average Bonchev–Trinajstić information content (AvgIpc) is 2.27. The van der Waals surface area contributed by atoms with Crippen molar-refractivity contribution in [1.82, 2.24) is 0 Å². The highest BCUT2D eigenvalue weighted by molar-refractivity contribution is 6.68. The number of nitrogens with zero attached hydrogens (tertiary/aromatic N) is 1. The first-order valence-corrected chi connectivity index (χ1v) is 5.38. The molecule has 0 aliphatic heterocycles. The summed E-state index contributed by atoms with van der Waals surface area (Å²) in [6, 6.07) is 11.5. The Morgan fingerprint density at radius 3 is 2.25 bits per heavy atom. The molecule has 2 aromatic carbocycles. The minimum Gasteiger partial charge on any atom is -0.377 e. The Balaban J connectivity index is 2.82. The topological polar surface area (TPSA) is 20.3 Å². The van der Waals surface area contributed by atoms with Crippen LogP contribution in [0, 0.1) is 0 Å². The zero-order chi connectivity index (χ0) is 11.7. The Labute approximate surface area is 99.4 Å². The molecule has 0 aromatic heterocycles. The third-order valence-electron chi connectivity index (χ3n) is 2.59. The van der Waals surface area contributed by atoms with Gasteiger partial charge in [-0.25, -0.2) is 0 Å². The van der Waals surface area contributed by atoms with Gasteiger partial charge in [-0.05, 0) is 29.1 Å². The van der Waals surface area contributed by atoms with E-state index >= 15 is 0 Å². The SMILES string of the molecule is CN(C)c1ccc(C(=O)Cl)c2ccccc12. The summed E-state index contributed by atoms with van der Waals surface area (Å²) in [6.45, 7) is 0. The number of hydrogen-bond donors (Lipinski definition) is 0. The van der Waals surface area contributed by atoms with Gasteiger partial charge in [0.15, 0.2) is 0 Å². The van der Waals surface area contributed by atoms with E-state index in [4.69, 9.17) is 11.6 Å². The van der Waals surface area contributed by atoms with Crippen molar-refractivity contribution in [2.24, 2.45) is 0 Å². The van der Waals surface area contributed by atoms with E-state index in [1.807, 2.05) is 49.3 Å². The Bertz CT molecular complexity index is 549. The molecular formula is C13H12ClNO. The van der Waals surface area contributed by atoms with E-state index in [0.717, 1.165) is 16.5 Å². The number of hydrogen-bond acceptors (Lipinski definition) is 2. The van der Waals surface area contributed by atoms with Gasteiger partial charge in [0.2, 0.25) is 0 Å². The van der Waals surface area contributed by atoms with Gasteiger partial charge in [0, 0.05) is 30.7 Å². The molecule has 0 spiro atoms. The molecule has 0 aliphatic rings. The van der Waals surface area contributed by atoms with Crippen molar-refractivity contribution < 1.29 is 4.79 Å². The normalized spacial score (nSPS) is 10.4. The summed E-state index contributed by atoms with van der Waals surface area (Å²) in [5.41, 5.74) is 1.64. The quantitative estimate of drug-likeness (QED) is 0.742. The van der Waals surface area contributed by atoms with Crippen LogP contribution in [0.3, 0.4) is 0 Å². The lowest BCUT2D eigenvalue weighted by Gasteiger charge is -2.16. The summed E-state index contributed by atoms with van der Waals surface area (Å²) >= 11 is 5.56. The molecule has 0 unspecified atom stereocenters. The van der Waals surface area contributed by atoms with Crippen LogP contribution >= 0.6 is 11.6 Å². The molecule has 0 radical (unpaired) electrons. The summed E-state index contributed by atoms with van der Waals surface area (Å²) in [7, 11) is 3.95. The van der Waals surface area contributed by atoms with Gasteiger partial charge in [0.1, 0.15) is 0 Å². The van der Waals surface area contributed by atoms with Crippen LogP contribution < -0.4 is 4.90 Å². The molecular weight excluding hydrogens is 222 g/mol. The highest BCUT2D eigenvalue weighted by Crippen LogP contribution is 2.29. The van der Waals surface area contributed by atoms with Gasteiger partial charge in [-0.3, -0.25) is 4.79 Å². The van der Waals surface area contributed by atoms with Crippen molar-refractivity contribution >= 4 is 33.3 Å². The zero-order valence-corrected chi connectivity index (χ0v) is 9.95. The molecule has 0 saturated heterocycles. The molecule has 16 heavy (non-hydrogen) atoms. The number of anilines is 1. The number of carbonyl (C=O) groups is 1. The van der Waals surface area contributed by atoms with Crippen LogP contribution in [0.15, 0.2) is 36.4 Å². The second-order valence-corrected chi connectivity index (χ2v) is 4.19. The van der Waals surface area contributed by atoms with Crippen LogP contribution in [0.5, 0.6) is 0 Å². The first-order chi connectivity index (χ1) is 7.61. The first kappa shape index (κ1) is 11.0. The van der Waals surface area contributed by atoms with Crippen LogP contribution in [0.2, 0.25) is 0 Å². The molecule has 0 bridgehead atoms. The molecule has 0 fully saturated rings. The third-order valence-corrected chi connectivity index (χ3v) is 2.80. The summed E-state index contributed by atoms with van der Waals surface area (Å²) < 4.78 is 0. The van der Waals surface area contributed by atoms with E-state index < -0.39 is 5.24 Å². The average molecular weight is 234 g/mol. The maximum atomic E-state index is 11.3. The van der Waals surface area contributed by atoms with Crippen LogP contribution in [0.4, 0.5) is 5.69 Å². The third kappa shape index (κ3) is 1.76. The molecule has 2 nitrogen and oxygen atoms in total. The summed E-state index contributed by atoms with van der Waals surface area (Å²) in [5, 5.41) is 1.52. The summed E-state index contributed by atoms with van der Waals surface area (Å²) in [6.07, 6.45) is 0. The fourth-order valence-corrected chi connectivity index (χ4v) is 2.01. The van der Waals surface area contributed by atoms with Crippen LogP contribution in [0.25, 0.3) is 10.8 Å². The lowest BCUT2D eigenvalue weighted by atomic mass is 10.0. The fourth-order valence-electron chi connectivity index (χ4n) is 1.84. The molecule has 2 rings (SSSR count). The molecule has 0 N–H and O–H groups in total. The largest absolute Gasteiger partial charge is 0.377 e. The molecule has 3 heteroatoms. The molecule has 0 aliphatic carbocycles. The lowest BCUT2D eigenvalue weighted by molar-refractivity contribution is 0.108. The van der Waals surface area contributed by atoms with E-state index in [1.54, 1.807) is 6.07 Å². The molecule has 0 amide bonds. The minimum atomic E-state index is -0.415. The second kappa shape index (κ2) is 4.14. The van der Waals surface area contributed by atoms with Gasteiger partial charge in [-0.15, -0.1) is 0 Å². The number of rotatable bonds is 2. The Morgan fingerprint density at radius 1 is 1.06 bits per heavy atom. The second-order valence-electron chi connectivity index (χ2n) is 3.85. The Hall–Kier alpha value is -1.54. The van der Waals surface area contributed by atoms with Gasteiger partial charge in [-0.1, -0.05) is 24.3 Å². The van der Waals surface area contributed by atoms with Crippen LogP contribution in [0.1, 0.15) is 10.4 Å². The maximum absolute atomic E-state index is 11.3. The molecule has 82 valence electrons. The van der Waals surface area contributed by atoms with Crippen molar-refractivity contribution in [3.05, 3.63) is 42.0 Å². The van der Waals surface area contributed by atoms with Crippen LogP contribution in [-0.4, -0.2) is 19.3 Å². The van der Waals surface area contributed by atoms with Gasteiger partial charge in [0.25, 0.3) is 5.24 Å².